The molecule has 0 fully saturated rings. The van der Waals surface area contributed by atoms with Crippen molar-refractivity contribution >= 4 is 17.3 Å². The van der Waals surface area contributed by atoms with Gasteiger partial charge in [-0.25, -0.2) is 4.39 Å². The van der Waals surface area contributed by atoms with Crippen LogP contribution in [0.3, 0.4) is 0 Å². The minimum Gasteiger partial charge on any atom is -0.378 e. The number of halogens is 1. The molecule has 0 spiro atoms. The van der Waals surface area contributed by atoms with Crippen molar-refractivity contribution in [2.45, 2.75) is 27.3 Å². The molecule has 1 amide bonds. The molecule has 0 aliphatic rings. The molecule has 0 unspecified atom stereocenters. The summed E-state index contributed by atoms with van der Waals surface area (Å²) >= 11 is 0. The summed E-state index contributed by atoms with van der Waals surface area (Å²) in [6.07, 6.45) is 0. The first-order valence-corrected chi connectivity index (χ1v) is 6.68. The van der Waals surface area contributed by atoms with E-state index in [0.29, 0.717) is 17.9 Å². The Bertz CT molecular complexity index is 679. The largest absolute Gasteiger partial charge is 0.378 e. The molecule has 0 radical (unpaired) electrons. The second-order valence-electron chi connectivity index (χ2n) is 5.00. The lowest BCUT2D eigenvalue weighted by Crippen LogP contribution is -2.08. The Morgan fingerprint density at radius 3 is 2.67 bits per heavy atom. The SMILES string of the molecule is CC(=O)Nc1ccc(F)c(NCc2c(C)nn(C)c2C)c1. The van der Waals surface area contributed by atoms with E-state index in [1.54, 1.807) is 10.7 Å². The standard InChI is InChI=1S/C15H19FN4O/c1-9-13(10(2)20(4)19-9)8-17-15-7-12(18-11(3)21)5-6-14(15)16/h5-7,17H,8H2,1-4H3,(H,18,21). The minimum atomic E-state index is -0.358. The highest BCUT2D eigenvalue weighted by Crippen LogP contribution is 2.21. The maximum absolute atomic E-state index is 13.8. The van der Waals surface area contributed by atoms with Crippen molar-refractivity contribution in [3.05, 3.63) is 41.0 Å². The van der Waals surface area contributed by atoms with Gasteiger partial charge < -0.3 is 10.6 Å². The molecular weight excluding hydrogens is 271 g/mol. The number of aromatic nitrogens is 2. The van der Waals surface area contributed by atoms with Crippen LogP contribution < -0.4 is 10.6 Å². The second-order valence-corrected chi connectivity index (χ2v) is 5.00. The van der Waals surface area contributed by atoms with E-state index in [1.807, 2.05) is 20.9 Å². The van der Waals surface area contributed by atoms with Crippen LogP contribution >= 0.6 is 0 Å². The number of hydrogen-bond acceptors (Lipinski definition) is 3. The highest BCUT2D eigenvalue weighted by atomic mass is 19.1. The molecule has 0 saturated carbocycles. The molecule has 1 heterocycles. The van der Waals surface area contributed by atoms with E-state index < -0.39 is 0 Å². The first-order chi connectivity index (χ1) is 9.88. The third kappa shape index (κ3) is 3.39. The molecule has 21 heavy (non-hydrogen) atoms. The molecule has 0 bridgehead atoms. The first-order valence-electron chi connectivity index (χ1n) is 6.68. The minimum absolute atomic E-state index is 0.188. The fraction of sp³-hybridized carbons (Fsp3) is 0.333. The van der Waals surface area contributed by atoms with E-state index in [4.69, 9.17) is 0 Å². The van der Waals surface area contributed by atoms with Crippen molar-refractivity contribution in [1.29, 1.82) is 0 Å². The van der Waals surface area contributed by atoms with Crippen LogP contribution in [0.15, 0.2) is 18.2 Å². The summed E-state index contributed by atoms with van der Waals surface area (Å²) in [4.78, 5) is 11.0. The van der Waals surface area contributed by atoms with Crippen LogP contribution in [-0.4, -0.2) is 15.7 Å². The summed E-state index contributed by atoms with van der Waals surface area (Å²) in [6.45, 7) is 5.79. The molecule has 5 nitrogen and oxygen atoms in total. The number of hydrogen-bond donors (Lipinski definition) is 2. The summed E-state index contributed by atoms with van der Waals surface area (Å²) in [5, 5.41) is 10.0. The predicted octanol–water partition coefficient (Wildman–Crippen LogP) is 2.75. The van der Waals surface area contributed by atoms with Gasteiger partial charge >= 0.3 is 0 Å². The normalized spacial score (nSPS) is 10.5. The van der Waals surface area contributed by atoms with Crippen molar-refractivity contribution < 1.29 is 9.18 Å². The molecular formula is C15H19FN4O. The molecule has 1 aromatic carbocycles. The maximum atomic E-state index is 13.8. The molecule has 2 aromatic rings. The van der Waals surface area contributed by atoms with Crippen LogP contribution in [0.25, 0.3) is 0 Å². The van der Waals surface area contributed by atoms with Crippen LogP contribution in [0, 0.1) is 19.7 Å². The summed E-state index contributed by atoms with van der Waals surface area (Å²) in [6, 6.07) is 4.44. The van der Waals surface area contributed by atoms with Gasteiger partial charge in [0.2, 0.25) is 5.91 Å². The van der Waals surface area contributed by atoms with E-state index in [-0.39, 0.29) is 11.7 Å². The summed E-state index contributed by atoms with van der Waals surface area (Å²) < 4.78 is 15.6. The van der Waals surface area contributed by atoms with Crippen LogP contribution in [0.5, 0.6) is 0 Å². The molecule has 0 atom stereocenters. The Hall–Kier alpha value is -2.37. The number of carbonyl (C=O) groups excluding carboxylic acids is 1. The zero-order valence-electron chi connectivity index (χ0n) is 12.6. The predicted molar refractivity (Wildman–Crippen MR) is 80.7 cm³/mol. The average Bonchev–Trinajstić information content (AvgIpc) is 2.64. The van der Waals surface area contributed by atoms with Gasteiger partial charge in [0.1, 0.15) is 5.82 Å². The Morgan fingerprint density at radius 2 is 2.10 bits per heavy atom. The van der Waals surface area contributed by atoms with Crippen LogP contribution in [0.2, 0.25) is 0 Å². The summed E-state index contributed by atoms with van der Waals surface area (Å²) in [5.41, 5.74) is 3.91. The van der Waals surface area contributed by atoms with Crippen molar-refractivity contribution in [2.24, 2.45) is 7.05 Å². The average molecular weight is 290 g/mol. The zero-order chi connectivity index (χ0) is 15.6. The monoisotopic (exact) mass is 290 g/mol. The van der Waals surface area contributed by atoms with Gasteiger partial charge in [-0.3, -0.25) is 9.48 Å². The number of rotatable bonds is 4. The Kier molecular flexibility index (Phi) is 4.26. The first kappa shape index (κ1) is 15.0. The van der Waals surface area contributed by atoms with E-state index in [2.05, 4.69) is 15.7 Å². The van der Waals surface area contributed by atoms with Crippen molar-refractivity contribution in [3.63, 3.8) is 0 Å². The van der Waals surface area contributed by atoms with E-state index in [1.165, 1.54) is 19.1 Å². The summed E-state index contributed by atoms with van der Waals surface area (Å²) in [7, 11) is 1.88. The van der Waals surface area contributed by atoms with Crippen molar-refractivity contribution in [2.75, 3.05) is 10.6 Å². The lowest BCUT2D eigenvalue weighted by Gasteiger charge is -2.10. The third-order valence-corrected chi connectivity index (χ3v) is 3.40. The topological polar surface area (TPSA) is 59.0 Å². The number of benzene rings is 1. The van der Waals surface area contributed by atoms with Crippen LogP contribution in [-0.2, 0) is 18.4 Å². The maximum Gasteiger partial charge on any atom is 0.221 e. The quantitative estimate of drug-likeness (QED) is 0.910. The fourth-order valence-corrected chi connectivity index (χ4v) is 2.20. The molecule has 1 aromatic heterocycles. The lowest BCUT2D eigenvalue weighted by atomic mass is 10.2. The van der Waals surface area contributed by atoms with E-state index >= 15 is 0 Å². The molecule has 6 heteroatoms. The highest BCUT2D eigenvalue weighted by Gasteiger charge is 2.10. The molecule has 2 N–H and O–H groups in total. The second kappa shape index (κ2) is 5.95. The molecule has 0 saturated heterocycles. The number of nitrogens with one attached hydrogen (secondary N) is 2. The Labute approximate surface area is 123 Å². The molecule has 2 rings (SSSR count). The van der Waals surface area contributed by atoms with E-state index in [9.17, 15) is 9.18 Å². The molecule has 0 aliphatic heterocycles. The molecule has 112 valence electrons. The van der Waals surface area contributed by atoms with Gasteiger partial charge in [0.25, 0.3) is 0 Å². The third-order valence-electron chi connectivity index (χ3n) is 3.40. The van der Waals surface area contributed by atoms with Gasteiger partial charge in [-0.2, -0.15) is 5.10 Å². The van der Waals surface area contributed by atoms with Gasteiger partial charge in [0.05, 0.1) is 11.4 Å². The lowest BCUT2D eigenvalue weighted by molar-refractivity contribution is -0.114. The van der Waals surface area contributed by atoms with Gasteiger partial charge in [0.15, 0.2) is 0 Å². The number of anilines is 2. The number of nitrogens with zero attached hydrogens (tertiary/aromatic N) is 2. The fourth-order valence-electron chi connectivity index (χ4n) is 2.20. The Morgan fingerprint density at radius 1 is 1.38 bits per heavy atom. The van der Waals surface area contributed by atoms with Gasteiger partial charge in [0, 0.05) is 37.5 Å². The number of carbonyl (C=O) groups is 1. The van der Waals surface area contributed by atoms with Gasteiger partial charge in [-0.1, -0.05) is 0 Å². The summed E-state index contributed by atoms with van der Waals surface area (Å²) in [5.74, 6) is -0.546. The highest BCUT2D eigenvalue weighted by molar-refractivity contribution is 5.89. The van der Waals surface area contributed by atoms with E-state index in [0.717, 1.165) is 17.0 Å². The van der Waals surface area contributed by atoms with Crippen LogP contribution in [0.4, 0.5) is 15.8 Å². The number of aryl methyl sites for hydroxylation is 2. The zero-order valence-corrected chi connectivity index (χ0v) is 12.6. The Balaban J connectivity index is 2.17. The smallest absolute Gasteiger partial charge is 0.221 e. The molecule has 0 aliphatic carbocycles. The van der Waals surface area contributed by atoms with Gasteiger partial charge in [-0.15, -0.1) is 0 Å². The number of amides is 1. The van der Waals surface area contributed by atoms with Crippen molar-refractivity contribution in [3.8, 4) is 0 Å². The van der Waals surface area contributed by atoms with Gasteiger partial charge in [-0.05, 0) is 32.0 Å². The van der Waals surface area contributed by atoms with Crippen molar-refractivity contribution in [1.82, 2.24) is 9.78 Å². The van der Waals surface area contributed by atoms with Crippen LogP contribution in [0.1, 0.15) is 23.9 Å².